The first kappa shape index (κ1) is 36.7. The van der Waals surface area contributed by atoms with Gasteiger partial charge in [-0.25, -0.2) is 9.13 Å². The van der Waals surface area contributed by atoms with Crippen LogP contribution in [0.1, 0.15) is 107 Å². The molecule has 0 saturated heterocycles. The molecule has 38 heavy (non-hydrogen) atoms. The third-order valence-electron chi connectivity index (χ3n) is 5.90. The normalized spacial score (nSPS) is 15.3. The second kappa shape index (κ2) is 19.7. The molecule has 0 aliphatic carbocycles. The van der Waals surface area contributed by atoms with Gasteiger partial charge in [-0.2, -0.15) is 0 Å². The Morgan fingerprint density at radius 3 is 1.11 bits per heavy atom. The average Bonchev–Trinajstić information content (AvgIpc) is 2.77. The van der Waals surface area contributed by atoms with E-state index in [-0.39, 0.29) is 13.2 Å². The van der Waals surface area contributed by atoms with Gasteiger partial charge in [-0.05, 0) is 107 Å². The lowest BCUT2D eigenvalue weighted by atomic mass is 10.1. The Hall–Kier alpha value is -1.26. The van der Waals surface area contributed by atoms with E-state index >= 15 is 0 Å². The summed E-state index contributed by atoms with van der Waals surface area (Å²) in [4.78, 5) is 19.2. The van der Waals surface area contributed by atoms with Crippen LogP contribution in [0.15, 0.2) is 69.9 Å². The number of hydrogen-bond acceptors (Lipinski definition) is 4. The summed E-state index contributed by atoms with van der Waals surface area (Å²) >= 11 is 0. The standard InChI is InChI=1S/C30H52O6P2/c1-25(2)13-9-15-27(5)17-11-19-29(7)21-23-35-38(34,37(31,32)33)36-24-22-30(8)20-12-18-28(6)16-10-14-26(3)4/h13-14,17-18,21-22H,9-12,15-16,19-20,23-24H2,1-8H3,(H2,31,32,33). The molecular weight excluding hydrogens is 518 g/mol. The van der Waals surface area contributed by atoms with Crippen LogP contribution in [0.25, 0.3) is 0 Å². The summed E-state index contributed by atoms with van der Waals surface area (Å²) < 4.78 is 35.0. The first-order valence-corrected chi connectivity index (χ1v) is 17.4. The average molecular weight is 571 g/mol. The fourth-order valence-electron chi connectivity index (χ4n) is 3.41. The highest BCUT2D eigenvalue weighted by atomic mass is 32.1. The van der Waals surface area contributed by atoms with Crippen molar-refractivity contribution in [2.75, 3.05) is 13.2 Å². The smallest absolute Gasteiger partial charge is 0.316 e. The van der Waals surface area contributed by atoms with Crippen LogP contribution in [-0.4, -0.2) is 23.0 Å². The number of hydrogen-bond donors (Lipinski definition) is 2. The molecule has 0 bridgehead atoms. The highest BCUT2D eigenvalue weighted by Gasteiger charge is 2.45. The molecule has 0 heterocycles. The van der Waals surface area contributed by atoms with Crippen LogP contribution < -0.4 is 0 Å². The zero-order valence-electron chi connectivity index (χ0n) is 25.0. The fourth-order valence-corrected chi connectivity index (χ4v) is 5.62. The Kier molecular flexibility index (Phi) is 19.1. The Labute approximate surface area is 232 Å². The minimum absolute atomic E-state index is 0.184. The van der Waals surface area contributed by atoms with Gasteiger partial charge in [0.05, 0.1) is 13.2 Å². The first-order valence-electron chi connectivity index (χ1n) is 13.5. The molecular formula is C30H52O6P2. The summed E-state index contributed by atoms with van der Waals surface area (Å²) in [7, 11) is -9.69. The molecule has 8 heteroatoms. The third kappa shape index (κ3) is 18.9. The van der Waals surface area contributed by atoms with Gasteiger partial charge in [-0.1, -0.05) is 69.9 Å². The molecule has 0 atom stereocenters. The molecule has 0 amide bonds. The van der Waals surface area contributed by atoms with E-state index in [9.17, 15) is 18.9 Å². The first-order chi connectivity index (χ1) is 17.7. The maximum Gasteiger partial charge on any atom is 0.441 e. The minimum Gasteiger partial charge on any atom is -0.316 e. The molecule has 6 nitrogen and oxygen atoms in total. The van der Waals surface area contributed by atoms with Crippen LogP contribution in [0.5, 0.6) is 0 Å². The van der Waals surface area contributed by atoms with Gasteiger partial charge in [-0.3, -0.25) is 9.05 Å². The molecule has 0 aliphatic heterocycles. The predicted octanol–water partition coefficient (Wildman–Crippen LogP) is 10.1. The van der Waals surface area contributed by atoms with Crippen molar-refractivity contribution in [3.63, 3.8) is 0 Å². The summed E-state index contributed by atoms with van der Waals surface area (Å²) in [6.07, 6.45) is 19.7. The molecule has 2 N–H and O–H groups in total. The summed E-state index contributed by atoms with van der Waals surface area (Å²) in [5, 5.41) is 0. The highest BCUT2D eigenvalue weighted by molar-refractivity contribution is 8.26. The summed E-state index contributed by atoms with van der Waals surface area (Å²) in [5.74, 6) is 0. The van der Waals surface area contributed by atoms with Crippen molar-refractivity contribution < 1.29 is 28.0 Å². The van der Waals surface area contributed by atoms with E-state index in [0.29, 0.717) is 0 Å². The van der Waals surface area contributed by atoms with Crippen LogP contribution in [-0.2, 0) is 18.2 Å². The summed E-state index contributed by atoms with van der Waals surface area (Å²) in [5.41, 5.74) is 7.30. The lowest BCUT2D eigenvalue weighted by molar-refractivity contribution is 0.237. The zero-order chi connectivity index (χ0) is 29.2. The molecule has 0 aromatic rings. The molecule has 0 spiro atoms. The molecule has 0 aliphatic rings. The van der Waals surface area contributed by atoms with Gasteiger partial charge in [0.15, 0.2) is 0 Å². The molecule has 0 saturated carbocycles. The van der Waals surface area contributed by atoms with E-state index in [2.05, 4.69) is 65.8 Å². The van der Waals surface area contributed by atoms with E-state index in [1.807, 2.05) is 13.8 Å². The van der Waals surface area contributed by atoms with Crippen LogP contribution in [0.2, 0.25) is 0 Å². The zero-order valence-corrected chi connectivity index (χ0v) is 26.7. The predicted molar refractivity (Wildman–Crippen MR) is 162 cm³/mol. The lowest BCUT2D eigenvalue weighted by Crippen LogP contribution is -1.99. The summed E-state index contributed by atoms with van der Waals surface area (Å²) in [6.45, 7) is 16.1. The highest BCUT2D eigenvalue weighted by Crippen LogP contribution is 2.78. The van der Waals surface area contributed by atoms with Gasteiger partial charge in [0, 0.05) is 0 Å². The fraction of sp³-hybridized carbons (Fsp3) is 0.600. The molecule has 0 radical (unpaired) electrons. The largest absolute Gasteiger partial charge is 0.441 e. The van der Waals surface area contributed by atoms with Crippen LogP contribution in [0.3, 0.4) is 0 Å². The Bertz CT molecular complexity index is 918. The van der Waals surface area contributed by atoms with E-state index in [0.717, 1.165) is 62.5 Å². The Morgan fingerprint density at radius 2 is 0.816 bits per heavy atom. The third-order valence-corrected chi connectivity index (χ3v) is 10.1. The van der Waals surface area contributed by atoms with Gasteiger partial charge in [0.1, 0.15) is 0 Å². The SMILES string of the molecule is CC(C)=CCCC(C)=CCCC(C)=CCOP(=O)(OCC=C(C)CCC=C(C)CCC=C(C)C)P(=O)(O)O. The van der Waals surface area contributed by atoms with Gasteiger partial charge in [0.2, 0.25) is 0 Å². The van der Waals surface area contributed by atoms with Crippen LogP contribution >= 0.6 is 14.6 Å². The molecule has 0 aromatic heterocycles. The maximum atomic E-state index is 12.8. The topological polar surface area (TPSA) is 93.1 Å². The van der Waals surface area contributed by atoms with E-state index < -0.39 is 14.6 Å². The van der Waals surface area contributed by atoms with Gasteiger partial charge in [0.25, 0.3) is 0 Å². The van der Waals surface area contributed by atoms with Crippen LogP contribution in [0.4, 0.5) is 0 Å². The number of allylic oxidation sites excluding steroid dienone is 10. The van der Waals surface area contributed by atoms with Crippen molar-refractivity contribution in [1.29, 1.82) is 0 Å². The quantitative estimate of drug-likeness (QED) is 0.119. The van der Waals surface area contributed by atoms with Crippen molar-refractivity contribution in [1.82, 2.24) is 0 Å². The van der Waals surface area contributed by atoms with Gasteiger partial charge in [-0.15, -0.1) is 0 Å². The maximum absolute atomic E-state index is 12.8. The monoisotopic (exact) mass is 570 g/mol. The molecule has 0 unspecified atom stereocenters. The lowest BCUT2D eigenvalue weighted by Gasteiger charge is -2.18. The minimum atomic E-state index is -5.09. The van der Waals surface area contributed by atoms with Crippen molar-refractivity contribution in [3.8, 4) is 0 Å². The van der Waals surface area contributed by atoms with E-state index in [4.69, 9.17) is 9.05 Å². The van der Waals surface area contributed by atoms with Crippen molar-refractivity contribution in [2.24, 2.45) is 0 Å². The second-order valence-electron chi connectivity index (χ2n) is 10.5. The van der Waals surface area contributed by atoms with Gasteiger partial charge < -0.3 is 9.79 Å². The molecule has 0 aromatic carbocycles. The van der Waals surface area contributed by atoms with Crippen molar-refractivity contribution in [3.05, 3.63) is 69.9 Å². The van der Waals surface area contributed by atoms with Crippen LogP contribution in [0, 0.1) is 0 Å². The molecule has 0 fully saturated rings. The Morgan fingerprint density at radius 1 is 0.526 bits per heavy atom. The molecule has 218 valence electrons. The molecule has 0 rings (SSSR count). The number of rotatable bonds is 19. The van der Waals surface area contributed by atoms with Crippen molar-refractivity contribution in [2.45, 2.75) is 107 Å². The van der Waals surface area contributed by atoms with E-state index in [1.54, 1.807) is 12.2 Å². The summed E-state index contributed by atoms with van der Waals surface area (Å²) in [6, 6.07) is 0. The Balaban J connectivity index is 4.72. The van der Waals surface area contributed by atoms with Gasteiger partial charge >= 0.3 is 14.6 Å². The van der Waals surface area contributed by atoms with Crippen molar-refractivity contribution >= 4 is 14.6 Å². The van der Waals surface area contributed by atoms with E-state index in [1.165, 1.54) is 22.3 Å². The second-order valence-corrected chi connectivity index (χ2v) is 16.0.